The van der Waals surface area contributed by atoms with E-state index in [2.05, 4.69) is 15.9 Å². The molecular formula is C14H16BrNO2. The van der Waals surface area contributed by atoms with Crippen LogP contribution in [0.5, 0.6) is 5.75 Å². The number of benzene rings is 1. The number of hydrogen-bond donors (Lipinski definition) is 1. The minimum Gasteiger partial charge on any atom is -0.494 e. The first-order valence-electron chi connectivity index (χ1n) is 5.84. The van der Waals surface area contributed by atoms with E-state index in [0.29, 0.717) is 6.61 Å². The van der Waals surface area contributed by atoms with Gasteiger partial charge in [0.25, 0.3) is 0 Å². The Morgan fingerprint density at radius 3 is 2.72 bits per heavy atom. The molecular weight excluding hydrogens is 294 g/mol. The van der Waals surface area contributed by atoms with Crippen LogP contribution in [0.1, 0.15) is 29.9 Å². The first-order chi connectivity index (χ1) is 8.61. The highest BCUT2D eigenvalue weighted by molar-refractivity contribution is 9.10. The maximum atomic E-state index is 6.22. The highest BCUT2D eigenvalue weighted by atomic mass is 79.9. The summed E-state index contributed by atoms with van der Waals surface area (Å²) in [7, 11) is 0. The van der Waals surface area contributed by atoms with Crippen LogP contribution in [-0.4, -0.2) is 6.61 Å². The number of halogens is 1. The van der Waals surface area contributed by atoms with Crippen molar-refractivity contribution in [3.8, 4) is 5.75 Å². The zero-order chi connectivity index (χ0) is 13.1. The SMILES string of the molecule is CCOc1ccc(C(N)c2coc(C)c2)c(Br)c1. The predicted octanol–water partition coefficient (Wildman–Crippen LogP) is 3.80. The standard InChI is InChI=1S/C14H16BrNO2/c1-3-17-11-4-5-12(13(15)7-11)14(16)10-6-9(2)18-8-10/h4-8,14H,3,16H2,1-2H3. The molecule has 1 atom stereocenters. The lowest BCUT2D eigenvalue weighted by molar-refractivity contribution is 0.340. The van der Waals surface area contributed by atoms with E-state index in [4.69, 9.17) is 14.9 Å². The number of aryl methyl sites for hydroxylation is 1. The van der Waals surface area contributed by atoms with E-state index in [1.165, 1.54) is 0 Å². The first kappa shape index (κ1) is 13.2. The van der Waals surface area contributed by atoms with Crippen molar-refractivity contribution in [3.63, 3.8) is 0 Å². The van der Waals surface area contributed by atoms with E-state index in [9.17, 15) is 0 Å². The fraction of sp³-hybridized carbons (Fsp3) is 0.286. The average molecular weight is 310 g/mol. The minimum atomic E-state index is -0.201. The molecule has 0 radical (unpaired) electrons. The van der Waals surface area contributed by atoms with Gasteiger partial charge in [0.15, 0.2) is 0 Å². The van der Waals surface area contributed by atoms with Crippen LogP contribution in [0.25, 0.3) is 0 Å². The molecule has 2 N–H and O–H groups in total. The molecule has 0 aliphatic heterocycles. The maximum Gasteiger partial charge on any atom is 0.120 e. The van der Waals surface area contributed by atoms with Gasteiger partial charge in [-0.1, -0.05) is 22.0 Å². The fourth-order valence-electron chi connectivity index (χ4n) is 1.82. The van der Waals surface area contributed by atoms with Gasteiger partial charge >= 0.3 is 0 Å². The van der Waals surface area contributed by atoms with Gasteiger partial charge in [-0.25, -0.2) is 0 Å². The summed E-state index contributed by atoms with van der Waals surface area (Å²) in [6, 6.07) is 7.59. The normalized spacial score (nSPS) is 12.4. The molecule has 18 heavy (non-hydrogen) atoms. The van der Waals surface area contributed by atoms with Crippen molar-refractivity contribution in [1.29, 1.82) is 0 Å². The monoisotopic (exact) mass is 309 g/mol. The number of rotatable bonds is 4. The molecule has 0 fully saturated rings. The topological polar surface area (TPSA) is 48.4 Å². The van der Waals surface area contributed by atoms with Gasteiger partial charge in [-0.3, -0.25) is 0 Å². The van der Waals surface area contributed by atoms with Gasteiger partial charge in [-0.05, 0) is 37.6 Å². The smallest absolute Gasteiger partial charge is 0.120 e. The molecule has 2 rings (SSSR count). The zero-order valence-electron chi connectivity index (χ0n) is 10.4. The van der Waals surface area contributed by atoms with Gasteiger partial charge in [-0.2, -0.15) is 0 Å². The van der Waals surface area contributed by atoms with E-state index in [-0.39, 0.29) is 6.04 Å². The molecule has 1 aromatic carbocycles. The molecule has 4 heteroatoms. The van der Waals surface area contributed by atoms with Gasteiger partial charge in [0, 0.05) is 10.0 Å². The van der Waals surface area contributed by atoms with Gasteiger partial charge in [0.1, 0.15) is 11.5 Å². The lowest BCUT2D eigenvalue weighted by Crippen LogP contribution is -2.11. The predicted molar refractivity (Wildman–Crippen MR) is 74.8 cm³/mol. The molecule has 0 aliphatic carbocycles. The Labute approximate surface area is 115 Å². The van der Waals surface area contributed by atoms with Crippen molar-refractivity contribution in [2.24, 2.45) is 5.73 Å². The second-order valence-electron chi connectivity index (χ2n) is 4.08. The molecule has 0 amide bonds. The summed E-state index contributed by atoms with van der Waals surface area (Å²) in [6.07, 6.45) is 1.70. The van der Waals surface area contributed by atoms with Crippen LogP contribution in [0.15, 0.2) is 39.4 Å². The van der Waals surface area contributed by atoms with E-state index < -0.39 is 0 Å². The summed E-state index contributed by atoms with van der Waals surface area (Å²) < 4.78 is 11.7. The average Bonchev–Trinajstić information content (AvgIpc) is 2.76. The lowest BCUT2D eigenvalue weighted by Gasteiger charge is -2.13. The molecule has 0 spiro atoms. The summed E-state index contributed by atoms with van der Waals surface area (Å²) >= 11 is 3.53. The van der Waals surface area contributed by atoms with Crippen molar-refractivity contribution in [2.45, 2.75) is 19.9 Å². The Hall–Kier alpha value is -1.26. The quantitative estimate of drug-likeness (QED) is 0.934. The molecule has 1 unspecified atom stereocenters. The van der Waals surface area contributed by atoms with Gasteiger partial charge < -0.3 is 14.9 Å². The highest BCUT2D eigenvalue weighted by Crippen LogP contribution is 2.30. The Morgan fingerprint density at radius 2 is 2.17 bits per heavy atom. The molecule has 0 aliphatic rings. The lowest BCUT2D eigenvalue weighted by atomic mass is 10.0. The van der Waals surface area contributed by atoms with Crippen LogP contribution in [0.2, 0.25) is 0 Å². The highest BCUT2D eigenvalue weighted by Gasteiger charge is 2.14. The molecule has 0 bridgehead atoms. The van der Waals surface area contributed by atoms with Gasteiger partial charge in [0.2, 0.25) is 0 Å². The van der Waals surface area contributed by atoms with Crippen molar-refractivity contribution in [2.75, 3.05) is 6.61 Å². The number of ether oxygens (including phenoxy) is 1. The van der Waals surface area contributed by atoms with E-state index in [1.807, 2.05) is 38.1 Å². The van der Waals surface area contributed by atoms with Crippen LogP contribution in [-0.2, 0) is 0 Å². The molecule has 96 valence electrons. The van der Waals surface area contributed by atoms with Crippen LogP contribution in [0.3, 0.4) is 0 Å². The summed E-state index contributed by atoms with van der Waals surface area (Å²) in [6.45, 7) is 4.52. The Morgan fingerprint density at radius 1 is 1.39 bits per heavy atom. The Kier molecular flexibility index (Phi) is 4.09. The third-order valence-electron chi connectivity index (χ3n) is 2.73. The third-order valence-corrected chi connectivity index (χ3v) is 3.41. The van der Waals surface area contributed by atoms with Gasteiger partial charge in [0.05, 0.1) is 18.9 Å². The van der Waals surface area contributed by atoms with Crippen LogP contribution in [0.4, 0.5) is 0 Å². The van der Waals surface area contributed by atoms with Crippen molar-refractivity contribution in [1.82, 2.24) is 0 Å². The zero-order valence-corrected chi connectivity index (χ0v) is 12.0. The first-order valence-corrected chi connectivity index (χ1v) is 6.64. The van der Waals surface area contributed by atoms with Gasteiger partial charge in [-0.15, -0.1) is 0 Å². The van der Waals surface area contributed by atoms with Crippen molar-refractivity contribution in [3.05, 3.63) is 51.9 Å². The summed E-state index contributed by atoms with van der Waals surface area (Å²) in [4.78, 5) is 0. The number of nitrogens with two attached hydrogens (primary N) is 1. The fourth-order valence-corrected chi connectivity index (χ4v) is 2.43. The largest absolute Gasteiger partial charge is 0.494 e. The van der Waals surface area contributed by atoms with E-state index in [0.717, 1.165) is 27.1 Å². The third kappa shape index (κ3) is 2.76. The minimum absolute atomic E-state index is 0.201. The maximum absolute atomic E-state index is 6.22. The summed E-state index contributed by atoms with van der Waals surface area (Å²) in [5.74, 6) is 1.70. The molecule has 3 nitrogen and oxygen atoms in total. The van der Waals surface area contributed by atoms with Crippen LogP contribution >= 0.6 is 15.9 Å². The molecule has 1 aromatic heterocycles. The molecule has 0 saturated carbocycles. The summed E-state index contributed by atoms with van der Waals surface area (Å²) in [5, 5.41) is 0. The Balaban J connectivity index is 2.28. The van der Waals surface area contributed by atoms with Crippen LogP contribution in [0, 0.1) is 6.92 Å². The van der Waals surface area contributed by atoms with E-state index >= 15 is 0 Å². The van der Waals surface area contributed by atoms with E-state index in [1.54, 1.807) is 6.26 Å². The molecule has 1 heterocycles. The van der Waals surface area contributed by atoms with Crippen LogP contribution < -0.4 is 10.5 Å². The number of furan rings is 1. The molecule has 2 aromatic rings. The van der Waals surface area contributed by atoms with Crippen molar-refractivity contribution >= 4 is 15.9 Å². The molecule has 0 saturated heterocycles. The number of hydrogen-bond acceptors (Lipinski definition) is 3. The second kappa shape index (κ2) is 5.59. The second-order valence-corrected chi connectivity index (χ2v) is 4.94. The summed E-state index contributed by atoms with van der Waals surface area (Å²) in [5.41, 5.74) is 8.21. The van der Waals surface area contributed by atoms with Crippen molar-refractivity contribution < 1.29 is 9.15 Å². The Bertz CT molecular complexity index is 536.